The summed E-state index contributed by atoms with van der Waals surface area (Å²) >= 11 is 0. The average molecular weight is 289 g/mol. The lowest BCUT2D eigenvalue weighted by atomic mass is 10.0. The molecule has 0 spiro atoms. The van der Waals surface area contributed by atoms with Gasteiger partial charge in [-0.05, 0) is 24.5 Å². The van der Waals surface area contributed by atoms with Crippen LogP contribution >= 0.6 is 0 Å². The highest BCUT2D eigenvalue weighted by atomic mass is 16.2. The van der Waals surface area contributed by atoms with Crippen LogP contribution in [-0.4, -0.2) is 47.8 Å². The van der Waals surface area contributed by atoms with Crippen molar-refractivity contribution in [2.75, 3.05) is 26.2 Å². The van der Waals surface area contributed by atoms with Gasteiger partial charge in [0.15, 0.2) is 0 Å². The number of carbonyl (C=O) groups is 2. The lowest BCUT2D eigenvalue weighted by Crippen LogP contribution is -2.55. The monoisotopic (exact) mass is 289 g/mol. The molecule has 5 heteroatoms. The van der Waals surface area contributed by atoms with Gasteiger partial charge in [-0.25, -0.2) is 0 Å². The minimum Gasteiger partial charge on any atom is -0.332 e. The average Bonchev–Trinajstić information content (AvgIpc) is 2.45. The molecular weight excluding hydrogens is 266 g/mol. The maximum absolute atomic E-state index is 12.2. The first-order valence-electron chi connectivity index (χ1n) is 7.39. The Morgan fingerprint density at radius 3 is 2.43 bits per heavy atom. The SMILES string of the molecule is CCCN1CC(=O)N(CC(N)c2ccccc2C)CC1=O. The summed E-state index contributed by atoms with van der Waals surface area (Å²) in [7, 11) is 0. The highest BCUT2D eigenvalue weighted by Gasteiger charge is 2.30. The van der Waals surface area contributed by atoms with Crippen LogP contribution in [-0.2, 0) is 9.59 Å². The number of nitrogens with zero attached hydrogens (tertiary/aromatic N) is 2. The Bertz CT molecular complexity index is 530. The second kappa shape index (κ2) is 6.72. The summed E-state index contributed by atoms with van der Waals surface area (Å²) in [6.45, 7) is 5.34. The van der Waals surface area contributed by atoms with Gasteiger partial charge in [0.25, 0.3) is 0 Å². The second-order valence-corrected chi connectivity index (χ2v) is 5.55. The third kappa shape index (κ3) is 3.61. The maximum Gasteiger partial charge on any atom is 0.242 e. The van der Waals surface area contributed by atoms with E-state index >= 15 is 0 Å². The Labute approximate surface area is 125 Å². The van der Waals surface area contributed by atoms with Crippen LogP contribution in [0.25, 0.3) is 0 Å². The van der Waals surface area contributed by atoms with E-state index in [2.05, 4.69) is 0 Å². The third-order valence-electron chi connectivity index (χ3n) is 3.86. The van der Waals surface area contributed by atoms with Crippen LogP contribution in [0.1, 0.15) is 30.5 Å². The van der Waals surface area contributed by atoms with Crippen LogP contribution in [0.5, 0.6) is 0 Å². The van der Waals surface area contributed by atoms with Crippen molar-refractivity contribution in [2.24, 2.45) is 5.73 Å². The molecule has 1 aliphatic heterocycles. The van der Waals surface area contributed by atoms with E-state index < -0.39 is 0 Å². The van der Waals surface area contributed by atoms with Crippen molar-refractivity contribution in [3.8, 4) is 0 Å². The van der Waals surface area contributed by atoms with Crippen molar-refractivity contribution in [2.45, 2.75) is 26.3 Å². The molecule has 0 aliphatic carbocycles. The Morgan fingerprint density at radius 1 is 1.14 bits per heavy atom. The van der Waals surface area contributed by atoms with Gasteiger partial charge >= 0.3 is 0 Å². The molecule has 0 saturated carbocycles. The van der Waals surface area contributed by atoms with Gasteiger partial charge in [0.2, 0.25) is 11.8 Å². The smallest absolute Gasteiger partial charge is 0.242 e. The molecule has 1 unspecified atom stereocenters. The Balaban J connectivity index is 2.02. The van der Waals surface area contributed by atoms with Gasteiger partial charge in [-0.15, -0.1) is 0 Å². The van der Waals surface area contributed by atoms with Crippen LogP contribution in [0.15, 0.2) is 24.3 Å². The zero-order valence-corrected chi connectivity index (χ0v) is 12.7. The fourth-order valence-corrected chi connectivity index (χ4v) is 2.68. The number of hydrogen-bond acceptors (Lipinski definition) is 3. The fourth-order valence-electron chi connectivity index (χ4n) is 2.68. The number of benzene rings is 1. The van der Waals surface area contributed by atoms with Crippen LogP contribution in [0.3, 0.4) is 0 Å². The predicted molar refractivity (Wildman–Crippen MR) is 81.6 cm³/mol. The molecule has 21 heavy (non-hydrogen) atoms. The number of amides is 2. The summed E-state index contributed by atoms with van der Waals surface area (Å²) in [5.74, 6) is -0.0134. The molecule has 5 nitrogen and oxygen atoms in total. The second-order valence-electron chi connectivity index (χ2n) is 5.55. The normalized spacial score (nSPS) is 17.3. The first kappa shape index (κ1) is 15.5. The largest absolute Gasteiger partial charge is 0.332 e. The van der Waals surface area contributed by atoms with E-state index in [1.807, 2.05) is 38.1 Å². The predicted octanol–water partition coefficient (Wildman–Crippen LogP) is 1.08. The Kier molecular flexibility index (Phi) is 4.96. The van der Waals surface area contributed by atoms with Crippen molar-refractivity contribution in [1.29, 1.82) is 0 Å². The van der Waals surface area contributed by atoms with E-state index in [1.54, 1.807) is 9.80 Å². The molecule has 2 N–H and O–H groups in total. The lowest BCUT2D eigenvalue weighted by Gasteiger charge is -2.35. The molecule has 2 amide bonds. The number of aryl methyl sites for hydroxylation is 1. The van der Waals surface area contributed by atoms with Gasteiger partial charge in [0, 0.05) is 19.1 Å². The number of rotatable bonds is 5. The van der Waals surface area contributed by atoms with E-state index in [0.29, 0.717) is 13.1 Å². The van der Waals surface area contributed by atoms with Crippen molar-refractivity contribution in [3.63, 3.8) is 0 Å². The van der Waals surface area contributed by atoms with Crippen molar-refractivity contribution >= 4 is 11.8 Å². The van der Waals surface area contributed by atoms with E-state index in [1.165, 1.54) is 0 Å². The van der Waals surface area contributed by atoms with Crippen molar-refractivity contribution < 1.29 is 9.59 Å². The first-order chi connectivity index (χ1) is 10.0. The number of hydrogen-bond donors (Lipinski definition) is 1. The van der Waals surface area contributed by atoms with Gasteiger partial charge < -0.3 is 15.5 Å². The maximum atomic E-state index is 12.2. The number of carbonyl (C=O) groups excluding carboxylic acids is 2. The summed E-state index contributed by atoms with van der Waals surface area (Å²) in [6.07, 6.45) is 0.863. The molecule has 114 valence electrons. The molecule has 0 aromatic heterocycles. The zero-order chi connectivity index (χ0) is 15.4. The molecule has 0 radical (unpaired) electrons. The van der Waals surface area contributed by atoms with Crippen LogP contribution in [0, 0.1) is 6.92 Å². The van der Waals surface area contributed by atoms with E-state index in [0.717, 1.165) is 17.5 Å². The molecule has 1 heterocycles. The molecule has 1 aromatic carbocycles. The quantitative estimate of drug-likeness (QED) is 0.882. The fraction of sp³-hybridized carbons (Fsp3) is 0.500. The minimum atomic E-state index is -0.263. The molecule has 1 atom stereocenters. The summed E-state index contributed by atoms with van der Waals surface area (Å²) < 4.78 is 0. The molecule has 1 saturated heterocycles. The number of nitrogens with two attached hydrogens (primary N) is 1. The standard InChI is InChI=1S/C16H23N3O2/c1-3-8-18-10-16(21)19(11-15(18)20)9-14(17)13-7-5-4-6-12(13)2/h4-7,14H,3,8-11,17H2,1-2H3. The lowest BCUT2D eigenvalue weighted by molar-refractivity contribution is -0.150. The van der Waals surface area contributed by atoms with Crippen molar-refractivity contribution in [3.05, 3.63) is 35.4 Å². The van der Waals surface area contributed by atoms with Gasteiger partial charge in [-0.3, -0.25) is 9.59 Å². The summed E-state index contributed by atoms with van der Waals surface area (Å²) in [5, 5.41) is 0. The first-order valence-corrected chi connectivity index (χ1v) is 7.39. The van der Waals surface area contributed by atoms with E-state index in [9.17, 15) is 9.59 Å². The van der Waals surface area contributed by atoms with Crippen LogP contribution < -0.4 is 5.73 Å². The zero-order valence-electron chi connectivity index (χ0n) is 12.7. The molecule has 2 rings (SSSR count). The Hall–Kier alpha value is -1.88. The summed E-state index contributed by atoms with van der Waals surface area (Å²) in [4.78, 5) is 27.4. The minimum absolute atomic E-state index is 0.00781. The van der Waals surface area contributed by atoms with Crippen LogP contribution in [0.4, 0.5) is 0 Å². The van der Waals surface area contributed by atoms with Gasteiger partial charge in [0.05, 0.1) is 13.1 Å². The van der Waals surface area contributed by atoms with Crippen molar-refractivity contribution in [1.82, 2.24) is 9.80 Å². The molecule has 0 bridgehead atoms. The topological polar surface area (TPSA) is 66.6 Å². The number of piperazine rings is 1. The van der Waals surface area contributed by atoms with Gasteiger partial charge in [0.1, 0.15) is 0 Å². The molecular formula is C16H23N3O2. The summed E-state index contributed by atoms with van der Waals surface area (Å²) in [5.41, 5.74) is 8.34. The third-order valence-corrected chi connectivity index (χ3v) is 3.86. The van der Waals surface area contributed by atoms with E-state index in [-0.39, 0.29) is 30.9 Å². The van der Waals surface area contributed by atoms with Gasteiger partial charge in [-0.2, -0.15) is 0 Å². The highest BCUT2D eigenvalue weighted by Crippen LogP contribution is 2.17. The molecule has 1 fully saturated rings. The Morgan fingerprint density at radius 2 is 1.76 bits per heavy atom. The highest BCUT2D eigenvalue weighted by molar-refractivity contribution is 5.92. The molecule has 1 aliphatic rings. The molecule has 1 aromatic rings. The van der Waals surface area contributed by atoms with Gasteiger partial charge in [-0.1, -0.05) is 31.2 Å². The van der Waals surface area contributed by atoms with E-state index in [4.69, 9.17) is 5.73 Å². The summed E-state index contributed by atoms with van der Waals surface area (Å²) in [6, 6.07) is 7.61. The van der Waals surface area contributed by atoms with Crippen LogP contribution in [0.2, 0.25) is 0 Å².